The van der Waals surface area contributed by atoms with Crippen LogP contribution in [-0.4, -0.2) is 33.3 Å². The number of carbonyl (C=O) groups is 2. The fourth-order valence-corrected chi connectivity index (χ4v) is 3.19. The van der Waals surface area contributed by atoms with Crippen molar-refractivity contribution in [1.82, 2.24) is 4.90 Å². The Morgan fingerprint density at radius 2 is 1.80 bits per heavy atom. The summed E-state index contributed by atoms with van der Waals surface area (Å²) < 4.78 is 0. The van der Waals surface area contributed by atoms with Gasteiger partial charge in [0.2, 0.25) is 0 Å². The standard InChI is InChI=1S/C20H27NO4/c1-4-5-6-11-21-18(14-7-9-15(22)10-8-14)17(19(24)20(21)25)16(23)12-13(2)3/h7-10,13,18,22,24H,4-6,11-12H2,1-3H3. The first kappa shape index (κ1) is 19.0. The molecule has 1 atom stereocenters. The van der Waals surface area contributed by atoms with Crippen LogP contribution >= 0.6 is 0 Å². The molecule has 1 aromatic rings. The number of aromatic hydroxyl groups is 1. The van der Waals surface area contributed by atoms with Crippen LogP contribution in [0, 0.1) is 5.92 Å². The molecule has 0 aromatic heterocycles. The second-order valence-electron chi connectivity index (χ2n) is 6.98. The maximum Gasteiger partial charge on any atom is 0.290 e. The number of benzene rings is 1. The van der Waals surface area contributed by atoms with Crippen molar-refractivity contribution in [2.45, 2.75) is 52.5 Å². The SMILES string of the molecule is CCCCCN1C(=O)C(O)=C(C(=O)CC(C)C)C1c1ccc(O)cc1. The van der Waals surface area contributed by atoms with Gasteiger partial charge in [-0.15, -0.1) is 0 Å². The Morgan fingerprint density at radius 1 is 1.16 bits per heavy atom. The minimum atomic E-state index is -0.587. The van der Waals surface area contributed by atoms with Crippen molar-refractivity contribution >= 4 is 11.7 Å². The van der Waals surface area contributed by atoms with Crippen LogP contribution in [-0.2, 0) is 9.59 Å². The van der Waals surface area contributed by atoms with E-state index in [9.17, 15) is 19.8 Å². The highest BCUT2D eigenvalue weighted by Crippen LogP contribution is 2.39. The molecular formula is C20H27NO4. The van der Waals surface area contributed by atoms with E-state index in [1.165, 1.54) is 12.1 Å². The molecule has 0 spiro atoms. The summed E-state index contributed by atoms with van der Waals surface area (Å²) >= 11 is 0. The average Bonchev–Trinajstić information content (AvgIpc) is 2.80. The zero-order valence-electron chi connectivity index (χ0n) is 15.2. The van der Waals surface area contributed by atoms with Gasteiger partial charge in [0.1, 0.15) is 5.75 Å². The Hall–Kier alpha value is -2.30. The molecule has 136 valence electrons. The highest BCUT2D eigenvalue weighted by atomic mass is 16.3. The van der Waals surface area contributed by atoms with E-state index in [0.29, 0.717) is 6.54 Å². The number of nitrogens with zero attached hydrogens (tertiary/aromatic N) is 1. The van der Waals surface area contributed by atoms with E-state index in [4.69, 9.17) is 0 Å². The van der Waals surface area contributed by atoms with Gasteiger partial charge in [-0.05, 0) is 30.0 Å². The molecule has 1 unspecified atom stereocenters. The van der Waals surface area contributed by atoms with E-state index in [0.717, 1.165) is 24.8 Å². The summed E-state index contributed by atoms with van der Waals surface area (Å²) in [5.74, 6) is -0.857. The Labute approximate surface area is 149 Å². The molecule has 1 heterocycles. The molecule has 0 saturated carbocycles. The largest absolute Gasteiger partial charge is 0.508 e. The summed E-state index contributed by atoms with van der Waals surface area (Å²) in [6, 6.07) is 5.87. The third-order valence-corrected chi connectivity index (χ3v) is 4.41. The number of phenols is 1. The topological polar surface area (TPSA) is 77.8 Å². The smallest absolute Gasteiger partial charge is 0.290 e. The van der Waals surface area contributed by atoms with Gasteiger partial charge in [-0.25, -0.2) is 0 Å². The molecule has 0 aliphatic carbocycles. The van der Waals surface area contributed by atoms with Crippen molar-refractivity contribution in [3.05, 3.63) is 41.2 Å². The Kier molecular flexibility index (Phi) is 6.23. The van der Waals surface area contributed by atoms with E-state index in [2.05, 4.69) is 6.92 Å². The van der Waals surface area contributed by atoms with Crippen LogP contribution in [0.25, 0.3) is 0 Å². The van der Waals surface area contributed by atoms with Crippen LogP contribution in [0.2, 0.25) is 0 Å². The van der Waals surface area contributed by atoms with Crippen LogP contribution in [0.5, 0.6) is 5.75 Å². The molecule has 1 aromatic carbocycles. The van der Waals surface area contributed by atoms with Crippen LogP contribution in [0.1, 0.15) is 58.1 Å². The second-order valence-corrected chi connectivity index (χ2v) is 6.98. The molecule has 5 heteroatoms. The Bertz CT molecular complexity index is 661. The molecule has 1 amide bonds. The maximum absolute atomic E-state index is 12.7. The number of Topliss-reactive ketones (excluding diaryl/α,β-unsaturated/α-hetero) is 1. The monoisotopic (exact) mass is 345 g/mol. The van der Waals surface area contributed by atoms with Crippen LogP contribution < -0.4 is 0 Å². The maximum atomic E-state index is 12.7. The zero-order chi connectivity index (χ0) is 18.6. The number of aliphatic hydroxyl groups excluding tert-OH is 1. The highest BCUT2D eigenvalue weighted by molar-refractivity contribution is 6.09. The minimum Gasteiger partial charge on any atom is -0.508 e. The molecular weight excluding hydrogens is 318 g/mol. The molecule has 0 saturated heterocycles. The predicted molar refractivity (Wildman–Crippen MR) is 96.2 cm³/mol. The number of rotatable bonds is 8. The van der Waals surface area contributed by atoms with Crippen molar-refractivity contribution in [2.24, 2.45) is 5.92 Å². The number of aliphatic hydroxyl groups is 1. The van der Waals surface area contributed by atoms with Gasteiger partial charge in [0.25, 0.3) is 5.91 Å². The van der Waals surface area contributed by atoms with Crippen molar-refractivity contribution in [2.75, 3.05) is 6.54 Å². The quantitative estimate of drug-likeness (QED) is 0.701. The molecule has 1 aliphatic heterocycles. The fraction of sp³-hybridized carbons (Fsp3) is 0.500. The van der Waals surface area contributed by atoms with E-state index in [-0.39, 0.29) is 29.4 Å². The van der Waals surface area contributed by atoms with Gasteiger partial charge in [-0.1, -0.05) is 45.7 Å². The molecule has 0 bridgehead atoms. The summed E-state index contributed by atoms with van der Waals surface area (Å²) in [4.78, 5) is 26.8. The number of hydrogen-bond donors (Lipinski definition) is 2. The number of unbranched alkanes of at least 4 members (excludes halogenated alkanes) is 2. The molecule has 2 rings (SSSR count). The van der Waals surface area contributed by atoms with Gasteiger partial charge in [0.05, 0.1) is 11.6 Å². The molecule has 0 radical (unpaired) electrons. The van der Waals surface area contributed by atoms with E-state index in [1.807, 2.05) is 13.8 Å². The van der Waals surface area contributed by atoms with Crippen molar-refractivity contribution in [1.29, 1.82) is 0 Å². The summed E-state index contributed by atoms with van der Waals surface area (Å²) in [5, 5.41) is 19.9. The minimum absolute atomic E-state index is 0.119. The number of amides is 1. The third kappa shape index (κ3) is 4.21. The highest BCUT2D eigenvalue weighted by Gasteiger charge is 2.42. The summed E-state index contributed by atoms with van der Waals surface area (Å²) in [5.41, 5.74) is 0.902. The Morgan fingerprint density at radius 3 is 2.36 bits per heavy atom. The lowest BCUT2D eigenvalue weighted by molar-refractivity contribution is -0.129. The lowest BCUT2D eigenvalue weighted by Gasteiger charge is -2.27. The number of hydrogen-bond acceptors (Lipinski definition) is 4. The summed E-state index contributed by atoms with van der Waals surface area (Å²) in [7, 11) is 0. The van der Waals surface area contributed by atoms with Crippen molar-refractivity contribution in [3.8, 4) is 5.75 Å². The van der Waals surface area contributed by atoms with Crippen LogP contribution in [0.15, 0.2) is 35.6 Å². The van der Waals surface area contributed by atoms with Gasteiger partial charge in [-0.3, -0.25) is 9.59 Å². The first-order valence-corrected chi connectivity index (χ1v) is 8.93. The number of carbonyl (C=O) groups excluding carboxylic acids is 2. The zero-order valence-corrected chi connectivity index (χ0v) is 15.2. The molecule has 0 fully saturated rings. The fourth-order valence-electron chi connectivity index (χ4n) is 3.19. The van der Waals surface area contributed by atoms with Gasteiger partial charge in [0, 0.05) is 13.0 Å². The normalized spacial score (nSPS) is 17.7. The molecule has 5 nitrogen and oxygen atoms in total. The van der Waals surface area contributed by atoms with Crippen LogP contribution in [0.3, 0.4) is 0 Å². The lowest BCUT2D eigenvalue weighted by Crippen LogP contribution is -2.32. The number of phenolic OH excluding ortho intramolecular Hbond substituents is 1. The molecule has 25 heavy (non-hydrogen) atoms. The summed E-state index contributed by atoms with van der Waals surface area (Å²) in [6.07, 6.45) is 3.09. The first-order valence-electron chi connectivity index (χ1n) is 8.93. The van der Waals surface area contributed by atoms with E-state index in [1.54, 1.807) is 17.0 Å². The first-order chi connectivity index (χ1) is 11.9. The molecule has 2 N–H and O–H groups in total. The van der Waals surface area contributed by atoms with Gasteiger partial charge in [0.15, 0.2) is 11.5 Å². The van der Waals surface area contributed by atoms with Crippen molar-refractivity contribution in [3.63, 3.8) is 0 Å². The predicted octanol–water partition coefficient (Wildman–Crippen LogP) is 3.89. The van der Waals surface area contributed by atoms with Gasteiger partial charge >= 0.3 is 0 Å². The number of ketones is 1. The second kappa shape index (κ2) is 8.19. The Balaban J connectivity index is 2.40. The van der Waals surface area contributed by atoms with E-state index >= 15 is 0 Å². The third-order valence-electron chi connectivity index (χ3n) is 4.41. The van der Waals surface area contributed by atoms with E-state index < -0.39 is 17.7 Å². The van der Waals surface area contributed by atoms with Gasteiger partial charge in [-0.2, -0.15) is 0 Å². The average molecular weight is 345 g/mol. The molecule has 1 aliphatic rings. The van der Waals surface area contributed by atoms with Gasteiger partial charge < -0.3 is 15.1 Å². The lowest BCUT2D eigenvalue weighted by atomic mass is 9.92. The summed E-state index contributed by atoms with van der Waals surface area (Å²) in [6.45, 7) is 6.43. The van der Waals surface area contributed by atoms with Crippen LogP contribution in [0.4, 0.5) is 0 Å². The van der Waals surface area contributed by atoms with Crippen molar-refractivity contribution < 1.29 is 19.8 Å².